The van der Waals surface area contributed by atoms with Gasteiger partial charge < -0.3 is 39.4 Å². The highest BCUT2D eigenvalue weighted by Crippen LogP contribution is 2.25. The Labute approximate surface area is 369 Å². The summed E-state index contributed by atoms with van der Waals surface area (Å²) in [6.45, 7) is 0. The van der Waals surface area contributed by atoms with Crippen molar-refractivity contribution in [2.45, 2.75) is 0 Å². The third-order valence-corrected chi connectivity index (χ3v) is 9.51. The summed E-state index contributed by atoms with van der Waals surface area (Å²) in [4.78, 5) is 46.1. The summed E-state index contributed by atoms with van der Waals surface area (Å²) >= 11 is 0. The molecule has 0 amide bonds. The molecular weight excluding hydrogens is 817 g/mol. The van der Waals surface area contributed by atoms with Crippen LogP contribution in [0, 0.1) is 0 Å². The SMILES string of the molecule is COC(=O)c1cc(/C=C/c2ccc(/C=C/c3ccc(OC)c(C(=O)OC)c3)cc2)ccc1OC.O=C(O)c1cc(/C=C/c2ccc(/C=C/c3ccc(O)c(C(=O)O)c3)cc2)ccc1O. The van der Waals surface area contributed by atoms with E-state index in [1.807, 2.05) is 97.1 Å². The zero-order valence-corrected chi connectivity index (χ0v) is 35.2. The summed E-state index contributed by atoms with van der Waals surface area (Å²) in [6.07, 6.45) is 14.9. The van der Waals surface area contributed by atoms with Gasteiger partial charge in [0.25, 0.3) is 0 Å². The topological polar surface area (TPSA) is 186 Å². The van der Waals surface area contributed by atoms with Crippen molar-refractivity contribution in [3.63, 3.8) is 0 Å². The lowest BCUT2D eigenvalue weighted by atomic mass is 10.1. The highest BCUT2D eigenvalue weighted by atomic mass is 16.5. The molecule has 64 heavy (non-hydrogen) atoms. The van der Waals surface area contributed by atoms with Crippen LogP contribution < -0.4 is 9.47 Å². The lowest BCUT2D eigenvalue weighted by Crippen LogP contribution is -2.04. The average molecular weight is 861 g/mol. The Bertz CT molecular complexity index is 2570. The van der Waals surface area contributed by atoms with E-state index in [2.05, 4.69) is 0 Å². The van der Waals surface area contributed by atoms with Crippen LogP contribution in [0.25, 0.3) is 48.6 Å². The number of ether oxygens (including phenoxy) is 4. The molecule has 0 aliphatic heterocycles. The summed E-state index contributed by atoms with van der Waals surface area (Å²) in [7, 11) is 5.71. The molecule has 4 N–H and O–H groups in total. The molecule has 0 atom stereocenters. The fourth-order valence-electron chi connectivity index (χ4n) is 6.06. The van der Waals surface area contributed by atoms with Crippen LogP contribution in [0.15, 0.2) is 121 Å². The van der Waals surface area contributed by atoms with E-state index in [9.17, 15) is 29.4 Å². The van der Waals surface area contributed by atoms with E-state index >= 15 is 0 Å². The van der Waals surface area contributed by atoms with Crippen molar-refractivity contribution in [3.05, 3.63) is 188 Å². The number of aromatic carboxylic acids is 2. The third kappa shape index (κ3) is 12.7. The number of aromatic hydroxyl groups is 2. The van der Waals surface area contributed by atoms with Gasteiger partial charge in [-0.15, -0.1) is 0 Å². The summed E-state index contributed by atoms with van der Waals surface area (Å²) in [5.41, 5.74) is 7.25. The zero-order chi connectivity index (χ0) is 46.2. The number of carbonyl (C=O) groups excluding carboxylic acids is 2. The minimum absolute atomic E-state index is 0.155. The van der Waals surface area contributed by atoms with Gasteiger partial charge in [0.1, 0.15) is 45.3 Å². The van der Waals surface area contributed by atoms with E-state index in [1.54, 1.807) is 48.6 Å². The third-order valence-electron chi connectivity index (χ3n) is 9.51. The molecule has 0 aromatic heterocycles. The van der Waals surface area contributed by atoms with Crippen molar-refractivity contribution in [2.24, 2.45) is 0 Å². The van der Waals surface area contributed by atoms with Gasteiger partial charge in [0.2, 0.25) is 0 Å². The van der Waals surface area contributed by atoms with Crippen molar-refractivity contribution >= 4 is 72.5 Å². The maximum Gasteiger partial charge on any atom is 0.341 e. The van der Waals surface area contributed by atoms with Gasteiger partial charge in [-0.2, -0.15) is 0 Å². The molecule has 0 radical (unpaired) electrons. The predicted octanol–water partition coefficient (Wildman–Crippen LogP) is 10.5. The first-order valence-corrected chi connectivity index (χ1v) is 19.4. The van der Waals surface area contributed by atoms with Gasteiger partial charge in [-0.3, -0.25) is 0 Å². The Hall–Kier alpha value is -8.64. The Morgan fingerprint density at radius 2 is 0.594 bits per heavy atom. The van der Waals surface area contributed by atoms with Gasteiger partial charge in [-0.05, 0) is 93.0 Å². The monoisotopic (exact) mass is 860 g/mol. The van der Waals surface area contributed by atoms with Crippen LogP contribution in [-0.4, -0.2) is 72.7 Å². The molecule has 12 nitrogen and oxygen atoms in total. The average Bonchev–Trinajstić information content (AvgIpc) is 3.32. The van der Waals surface area contributed by atoms with Crippen LogP contribution in [0.5, 0.6) is 23.0 Å². The van der Waals surface area contributed by atoms with Gasteiger partial charge in [-0.25, -0.2) is 19.2 Å². The predicted molar refractivity (Wildman–Crippen MR) is 247 cm³/mol. The Balaban J connectivity index is 0.000000243. The molecule has 0 heterocycles. The molecule has 0 bridgehead atoms. The van der Waals surface area contributed by atoms with E-state index in [-0.39, 0.29) is 22.6 Å². The minimum Gasteiger partial charge on any atom is -0.507 e. The number of carbonyl (C=O) groups is 4. The molecule has 0 saturated carbocycles. The summed E-state index contributed by atoms with van der Waals surface area (Å²) in [5, 5.41) is 37.2. The molecule has 0 fully saturated rings. The molecule has 6 aromatic rings. The first-order valence-electron chi connectivity index (χ1n) is 19.4. The zero-order valence-electron chi connectivity index (χ0n) is 35.2. The standard InChI is InChI=1S/C28H26O6.C24H18O6/c1-31-25-15-13-21(17-23(25)27(29)33-3)11-9-19-5-7-20(8-6-19)10-12-22-14-16-26(32-2)24(18-22)28(30)34-4;25-21-11-9-17(13-19(21)23(27)28)7-5-15-1-2-16(4-3-15)6-8-18-10-12-22(26)20(14-18)24(29)30/h5-18H,1-4H3;1-14,25-26H,(H,27,28)(H,29,30)/b11-9+,12-10+;7-5+,8-6+. The van der Waals surface area contributed by atoms with Gasteiger partial charge in [0, 0.05) is 0 Å². The second-order valence-electron chi connectivity index (χ2n) is 13.7. The number of methoxy groups -OCH3 is 4. The molecule has 0 aliphatic carbocycles. The van der Waals surface area contributed by atoms with Crippen LogP contribution in [-0.2, 0) is 9.47 Å². The molecule has 0 aliphatic rings. The molecule has 0 spiro atoms. The quantitative estimate of drug-likeness (QED) is 0.0601. The Kier molecular flexibility index (Phi) is 16.2. The second kappa shape index (κ2) is 22.3. The molecule has 324 valence electrons. The van der Waals surface area contributed by atoms with E-state index in [1.165, 1.54) is 52.7 Å². The molecule has 6 rings (SSSR count). The lowest BCUT2D eigenvalue weighted by molar-refractivity contribution is 0.0588. The van der Waals surface area contributed by atoms with Gasteiger partial charge in [0.05, 0.1) is 28.4 Å². The fraction of sp³-hybridized carbons (Fsp3) is 0.0769. The number of phenols is 2. The normalized spacial score (nSPS) is 11.1. The molecule has 0 saturated heterocycles. The maximum atomic E-state index is 12.0. The minimum atomic E-state index is -1.19. The smallest absolute Gasteiger partial charge is 0.341 e. The van der Waals surface area contributed by atoms with Gasteiger partial charge in [0.15, 0.2) is 0 Å². The van der Waals surface area contributed by atoms with Crippen molar-refractivity contribution in [1.29, 1.82) is 0 Å². The van der Waals surface area contributed by atoms with Gasteiger partial charge in [-0.1, -0.05) is 121 Å². The number of rotatable bonds is 14. The Morgan fingerprint density at radius 3 is 0.844 bits per heavy atom. The molecule has 0 unspecified atom stereocenters. The molecule has 12 heteroatoms. The fourth-order valence-corrected chi connectivity index (χ4v) is 6.06. The van der Waals surface area contributed by atoms with E-state index < -0.39 is 23.9 Å². The van der Waals surface area contributed by atoms with E-state index in [0.717, 1.165) is 33.4 Å². The summed E-state index contributed by atoms with van der Waals surface area (Å²) in [5.74, 6) is -2.89. The van der Waals surface area contributed by atoms with Crippen LogP contribution in [0.2, 0.25) is 0 Å². The first-order chi connectivity index (χ1) is 30.8. The largest absolute Gasteiger partial charge is 0.507 e. The number of esters is 2. The van der Waals surface area contributed by atoms with Crippen molar-refractivity contribution in [2.75, 3.05) is 28.4 Å². The Morgan fingerprint density at radius 1 is 0.359 bits per heavy atom. The van der Waals surface area contributed by atoms with Gasteiger partial charge >= 0.3 is 23.9 Å². The lowest BCUT2D eigenvalue weighted by Gasteiger charge is -2.07. The molecule has 6 aromatic carbocycles. The summed E-state index contributed by atoms with van der Waals surface area (Å²) < 4.78 is 20.1. The summed E-state index contributed by atoms with van der Waals surface area (Å²) in [6, 6.07) is 34.9. The van der Waals surface area contributed by atoms with Crippen LogP contribution in [0.1, 0.15) is 85.9 Å². The first kappa shape index (κ1) is 46.4. The molecular formula is C52H44O12. The highest BCUT2D eigenvalue weighted by molar-refractivity contribution is 5.95. The number of benzene rings is 6. The van der Waals surface area contributed by atoms with Crippen molar-refractivity contribution in [3.8, 4) is 23.0 Å². The second-order valence-corrected chi connectivity index (χ2v) is 13.7. The van der Waals surface area contributed by atoms with Crippen LogP contribution in [0.3, 0.4) is 0 Å². The van der Waals surface area contributed by atoms with E-state index in [0.29, 0.717) is 33.8 Å². The van der Waals surface area contributed by atoms with Crippen molar-refractivity contribution in [1.82, 2.24) is 0 Å². The highest BCUT2D eigenvalue weighted by Gasteiger charge is 2.14. The van der Waals surface area contributed by atoms with Crippen LogP contribution in [0.4, 0.5) is 0 Å². The number of carboxylic acids is 2. The van der Waals surface area contributed by atoms with Crippen LogP contribution >= 0.6 is 0 Å². The maximum absolute atomic E-state index is 12.0. The van der Waals surface area contributed by atoms with Crippen molar-refractivity contribution < 1.29 is 58.6 Å². The van der Waals surface area contributed by atoms with E-state index in [4.69, 9.17) is 29.2 Å². The number of carboxylic acid groups (broad SMARTS) is 2. The number of hydrogen-bond donors (Lipinski definition) is 4. The number of hydrogen-bond acceptors (Lipinski definition) is 10.